The molecule has 0 aliphatic heterocycles. The molecule has 0 fully saturated rings. The van der Waals surface area contributed by atoms with Gasteiger partial charge in [-0.15, -0.1) is 0 Å². The monoisotopic (exact) mass is 467 g/mol. The first-order chi connectivity index (χ1) is 17.1. The van der Waals surface area contributed by atoms with Crippen molar-refractivity contribution in [3.8, 4) is 0 Å². The molecule has 0 aliphatic carbocycles. The number of hydrogen-bond donors (Lipinski definition) is 3. The SMILES string of the molecule is CCC(Cc1ccccc1)=NNC(=O)[C@H](NC(=O)c1ccccc1)c1n[nH]c(=O)c2ccccc12. The zero-order chi connectivity index (χ0) is 24.6. The third kappa shape index (κ3) is 5.67. The molecular formula is C27H25N5O3. The van der Waals surface area contributed by atoms with Gasteiger partial charge in [0.1, 0.15) is 5.69 Å². The van der Waals surface area contributed by atoms with Crippen molar-refractivity contribution in [3.05, 3.63) is 112 Å². The minimum atomic E-state index is -1.19. The van der Waals surface area contributed by atoms with E-state index >= 15 is 0 Å². The molecule has 0 spiro atoms. The quantitative estimate of drug-likeness (QED) is 0.272. The summed E-state index contributed by atoms with van der Waals surface area (Å²) in [5.41, 5.74) is 4.67. The van der Waals surface area contributed by atoms with Gasteiger partial charge in [0.15, 0.2) is 6.04 Å². The highest BCUT2D eigenvalue weighted by Gasteiger charge is 2.27. The number of aromatic amines is 1. The number of amides is 2. The number of carbonyl (C=O) groups excluding carboxylic acids is 2. The molecule has 3 N–H and O–H groups in total. The average molecular weight is 468 g/mol. The molecule has 4 aromatic rings. The van der Waals surface area contributed by atoms with Crippen LogP contribution in [0.3, 0.4) is 0 Å². The summed E-state index contributed by atoms with van der Waals surface area (Å²) in [6, 6.07) is 24.0. The van der Waals surface area contributed by atoms with Crippen LogP contribution in [0.1, 0.15) is 41.0 Å². The third-order valence-electron chi connectivity index (χ3n) is 5.56. The van der Waals surface area contributed by atoms with Gasteiger partial charge in [0.2, 0.25) is 0 Å². The fraction of sp³-hybridized carbons (Fsp3) is 0.148. The summed E-state index contributed by atoms with van der Waals surface area (Å²) >= 11 is 0. The molecule has 3 aromatic carbocycles. The molecule has 0 aliphatic rings. The van der Waals surface area contributed by atoms with E-state index in [0.29, 0.717) is 29.2 Å². The lowest BCUT2D eigenvalue weighted by Crippen LogP contribution is -2.40. The number of nitrogens with one attached hydrogen (secondary N) is 3. The lowest BCUT2D eigenvalue weighted by Gasteiger charge is -2.18. The predicted octanol–water partition coefficient (Wildman–Crippen LogP) is 3.52. The van der Waals surface area contributed by atoms with Gasteiger partial charge in [-0.3, -0.25) is 14.4 Å². The maximum Gasteiger partial charge on any atom is 0.272 e. The van der Waals surface area contributed by atoms with Gasteiger partial charge < -0.3 is 5.32 Å². The van der Waals surface area contributed by atoms with Crippen LogP contribution in [0.4, 0.5) is 0 Å². The van der Waals surface area contributed by atoms with Crippen LogP contribution in [0.5, 0.6) is 0 Å². The molecule has 0 unspecified atom stereocenters. The first-order valence-corrected chi connectivity index (χ1v) is 11.3. The summed E-state index contributed by atoms with van der Waals surface area (Å²) in [4.78, 5) is 38.6. The molecule has 8 nitrogen and oxygen atoms in total. The molecule has 1 heterocycles. The number of aromatic nitrogens is 2. The van der Waals surface area contributed by atoms with E-state index in [9.17, 15) is 14.4 Å². The maximum absolute atomic E-state index is 13.3. The van der Waals surface area contributed by atoms with Gasteiger partial charge >= 0.3 is 0 Å². The highest BCUT2D eigenvalue weighted by atomic mass is 16.2. The third-order valence-corrected chi connectivity index (χ3v) is 5.56. The van der Waals surface area contributed by atoms with Crippen molar-refractivity contribution >= 4 is 28.3 Å². The number of nitrogens with zero attached hydrogens (tertiary/aromatic N) is 2. The minimum Gasteiger partial charge on any atom is -0.335 e. The van der Waals surface area contributed by atoms with Crippen molar-refractivity contribution in [1.82, 2.24) is 20.9 Å². The van der Waals surface area contributed by atoms with E-state index in [0.717, 1.165) is 11.3 Å². The van der Waals surface area contributed by atoms with Crippen LogP contribution in [-0.4, -0.2) is 27.7 Å². The van der Waals surface area contributed by atoms with Crippen molar-refractivity contribution in [1.29, 1.82) is 0 Å². The van der Waals surface area contributed by atoms with E-state index in [4.69, 9.17) is 0 Å². The van der Waals surface area contributed by atoms with Crippen molar-refractivity contribution in [3.63, 3.8) is 0 Å². The number of hydrogen-bond acceptors (Lipinski definition) is 5. The lowest BCUT2D eigenvalue weighted by atomic mass is 10.0. The molecular weight excluding hydrogens is 442 g/mol. The first kappa shape index (κ1) is 23.6. The van der Waals surface area contributed by atoms with Crippen LogP contribution in [0, 0.1) is 0 Å². The van der Waals surface area contributed by atoms with Gasteiger partial charge in [0, 0.05) is 23.1 Å². The second-order valence-corrected chi connectivity index (χ2v) is 7.93. The molecule has 35 heavy (non-hydrogen) atoms. The van der Waals surface area contributed by atoms with Crippen molar-refractivity contribution < 1.29 is 9.59 Å². The van der Waals surface area contributed by atoms with E-state index in [1.54, 1.807) is 54.6 Å². The van der Waals surface area contributed by atoms with Crippen LogP contribution in [0.25, 0.3) is 10.8 Å². The average Bonchev–Trinajstić information content (AvgIpc) is 2.91. The number of H-pyrrole nitrogens is 1. The molecule has 2 amide bonds. The fourth-order valence-corrected chi connectivity index (χ4v) is 3.69. The Kier molecular flexibility index (Phi) is 7.42. The van der Waals surface area contributed by atoms with Crippen LogP contribution < -0.4 is 16.3 Å². The van der Waals surface area contributed by atoms with Gasteiger partial charge in [0.05, 0.1) is 5.39 Å². The van der Waals surface area contributed by atoms with Crippen molar-refractivity contribution in [2.75, 3.05) is 0 Å². The number of benzene rings is 3. The van der Waals surface area contributed by atoms with Crippen LogP contribution in [-0.2, 0) is 11.2 Å². The fourth-order valence-electron chi connectivity index (χ4n) is 3.69. The largest absolute Gasteiger partial charge is 0.335 e. The molecule has 0 bridgehead atoms. The van der Waals surface area contributed by atoms with Gasteiger partial charge in [0.25, 0.3) is 17.4 Å². The smallest absolute Gasteiger partial charge is 0.272 e. The molecule has 0 saturated heterocycles. The number of fused-ring (bicyclic) bond motifs is 1. The zero-order valence-corrected chi connectivity index (χ0v) is 19.2. The van der Waals surface area contributed by atoms with Gasteiger partial charge in [-0.1, -0.05) is 73.7 Å². The predicted molar refractivity (Wildman–Crippen MR) is 135 cm³/mol. The Morgan fingerprint density at radius 2 is 1.54 bits per heavy atom. The Bertz CT molecular complexity index is 1420. The zero-order valence-electron chi connectivity index (χ0n) is 19.2. The van der Waals surface area contributed by atoms with E-state index in [-0.39, 0.29) is 11.3 Å². The first-order valence-electron chi connectivity index (χ1n) is 11.3. The van der Waals surface area contributed by atoms with Crippen molar-refractivity contribution in [2.45, 2.75) is 25.8 Å². The highest BCUT2D eigenvalue weighted by Crippen LogP contribution is 2.20. The molecule has 4 rings (SSSR count). The highest BCUT2D eigenvalue weighted by molar-refractivity contribution is 5.99. The van der Waals surface area contributed by atoms with Crippen LogP contribution >= 0.6 is 0 Å². The molecule has 1 aromatic heterocycles. The van der Waals surface area contributed by atoms with Crippen LogP contribution in [0.2, 0.25) is 0 Å². The van der Waals surface area contributed by atoms with Crippen molar-refractivity contribution in [2.24, 2.45) is 5.10 Å². The standard InChI is InChI=1S/C27H25N5O3/c1-2-20(17-18-11-5-3-6-12-18)29-32-27(35)24(28-25(33)19-13-7-4-8-14-19)23-21-15-9-10-16-22(21)26(34)31-30-23/h3-16,24H,2,17H2,1H3,(H,28,33)(H,31,34)(H,32,35)/t24-/m1/s1. The molecule has 0 radical (unpaired) electrons. The second-order valence-electron chi connectivity index (χ2n) is 7.93. The second kappa shape index (κ2) is 11.0. The summed E-state index contributed by atoms with van der Waals surface area (Å²) in [6.45, 7) is 1.96. The summed E-state index contributed by atoms with van der Waals surface area (Å²) in [5.74, 6) is -1.02. The Labute approximate surface area is 202 Å². The van der Waals surface area contributed by atoms with E-state index in [1.807, 2.05) is 37.3 Å². The summed E-state index contributed by atoms with van der Waals surface area (Å²) in [5, 5.41) is 14.5. The Balaban J connectivity index is 1.66. The Hall–Kier alpha value is -4.59. The Morgan fingerprint density at radius 1 is 0.914 bits per heavy atom. The Morgan fingerprint density at radius 3 is 2.23 bits per heavy atom. The van der Waals surface area contributed by atoms with E-state index in [1.165, 1.54) is 0 Å². The molecule has 0 saturated carbocycles. The van der Waals surface area contributed by atoms with Gasteiger partial charge in [-0.25, -0.2) is 10.5 Å². The number of rotatable bonds is 8. The van der Waals surface area contributed by atoms with E-state index < -0.39 is 17.9 Å². The molecule has 1 atom stereocenters. The molecule has 8 heteroatoms. The maximum atomic E-state index is 13.3. The van der Waals surface area contributed by atoms with Crippen LogP contribution in [0.15, 0.2) is 94.8 Å². The summed E-state index contributed by atoms with van der Waals surface area (Å²) in [7, 11) is 0. The minimum absolute atomic E-state index is 0.221. The normalized spacial score (nSPS) is 12.2. The number of hydrazone groups is 1. The number of carbonyl (C=O) groups is 2. The van der Waals surface area contributed by atoms with Gasteiger partial charge in [-0.2, -0.15) is 10.2 Å². The van der Waals surface area contributed by atoms with Gasteiger partial charge in [-0.05, 0) is 30.2 Å². The lowest BCUT2D eigenvalue weighted by molar-refractivity contribution is -0.123. The summed E-state index contributed by atoms with van der Waals surface area (Å²) in [6.07, 6.45) is 1.22. The summed E-state index contributed by atoms with van der Waals surface area (Å²) < 4.78 is 0. The van der Waals surface area contributed by atoms with E-state index in [2.05, 4.69) is 26.0 Å². The molecule has 176 valence electrons. The topological polar surface area (TPSA) is 116 Å².